The average Bonchev–Trinajstić information content (AvgIpc) is 3.18. The highest BCUT2D eigenvalue weighted by atomic mass is 32.2. The number of aryl methyl sites for hydroxylation is 2. The van der Waals surface area contributed by atoms with Crippen molar-refractivity contribution in [2.45, 2.75) is 44.7 Å². The second-order valence-electron chi connectivity index (χ2n) is 7.46. The lowest BCUT2D eigenvalue weighted by Gasteiger charge is -2.28. The molecule has 3 aromatic rings. The van der Waals surface area contributed by atoms with Gasteiger partial charge in [-0.3, -0.25) is 4.79 Å². The summed E-state index contributed by atoms with van der Waals surface area (Å²) in [6.45, 7) is 6.17. The lowest BCUT2D eigenvalue weighted by Crippen LogP contribution is -2.29. The van der Waals surface area contributed by atoms with Gasteiger partial charge in [0.15, 0.2) is 10.8 Å². The van der Waals surface area contributed by atoms with Crippen LogP contribution in [0.1, 0.15) is 37.4 Å². The van der Waals surface area contributed by atoms with Crippen LogP contribution in [-0.4, -0.2) is 44.3 Å². The Labute approximate surface area is 180 Å². The van der Waals surface area contributed by atoms with Crippen molar-refractivity contribution >= 4 is 40.6 Å². The molecule has 1 saturated heterocycles. The molecule has 0 atom stereocenters. The molecule has 30 heavy (non-hydrogen) atoms. The SMILES string of the molecule is CCc1c(C)nc(N)n2c(SCC(=O)Nc3ccc(N4CCCCC4)cc3)nnc12. The summed E-state index contributed by atoms with van der Waals surface area (Å²) in [6.07, 6.45) is 4.59. The van der Waals surface area contributed by atoms with Crippen LogP contribution in [0.25, 0.3) is 5.65 Å². The van der Waals surface area contributed by atoms with E-state index in [1.807, 2.05) is 26.0 Å². The molecule has 0 spiro atoms. The first-order valence-corrected chi connectivity index (χ1v) is 11.3. The molecule has 1 fully saturated rings. The van der Waals surface area contributed by atoms with Crippen molar-refractivity contribution in [2.75, 3.05) is 34.8 Å². The van der Waals surface area contributed by atoms with Crippen LogP contribution in [0.15, 0.2) is 29.4 Å². The Morgan fingerprint density at radius 2 is 1.90 bits per heavy atom. The number of nitrogen functional groups attached to an aromatic ring is 1. The second kappa shape index (κ2) is 8.91. The Bertz CT molecular complexity index is 1040. The van der Waals surface area contributed by atoms with Crippen LogP contribution in [0.3, 0.4) is 0 Å². The summed E-state index contributed by atoms with van der Waals surface area (Å²) in [7, 11) is 0. The first-order chi connectivity index (χ1) is 14.6. The predicted octanol–water partition coefficient (Wildman–Crippen LogP) is 3.30. The van der Waals surface area contributed by atoms with Gasteiger partial charge in [-0.1, -0.05) is 18.7 Å². The van der Waals surface area contributed by atoms with Crippen molar-refractivity contribution in [3.05, 3.63) is 35.5 Å². The van der Waals surface area contributed by atoms with Crippen LogP contribution >= 0.6 is 11.8 Å². The number of carbonyl (C=O) groups is 1. The molecular weight excluding hydrogens is 398 g/mol. The highest BCUT2D eigenvalue weighted by Crippen LogP contribution is 2.24. The number of rotatable bonds is 6. The van der Waals surface area contributed by atoms with Gasteiger partial charge in [-0.15, -0.1) is 10.2 Å². The summed E-state index contributed by atoms with van der Waals surface area (Å²) in [6, 6.07) is 8.05. The maximum absolute atomic E-state index is 12.4. The van der Waals surface area contributed by atoms with E-state index in [4.69, 9.17) is 5.73 Å². The summed E-state index contributed by atoms with van der Waals surface area (Å²) in [4.78, 5) is 19.2. The van der Waals surface area contributed by atoms with Gasteiger partial charge in [0.05, 0.1) is 5.75 Å². The predicted molar refractivity (Wildman–Crippen MR) is 121 cm³/mol. The summed E-state index contributed by atoms with van der Waals surface area (Å²) in [5.74, 6) is 0.446. The first kappa shape index (κ1) is 20.5. The summed E-state index contributed by atoms with van der Waals surface area (Å²) in [5, 5.41) is 12.0. The van der Waals surface area contributed by atoms with Gasteiger partial charge in [0, 0.05) is 35.7 Å². The van der Waals surface area contributed by atoms with E-state index in [9.17, 15) is 4.79 Å². The molecule has 1 aliphatic rings. The van der Waals surface area contributed by atoms with Gasteiger partial charge in [0.25, 0.3) is 0 Å². The third-order valence-electron chi connectivity index (χ3n) is 5.41. The molecule has 0 saturated carbocycles. The zero-order valence-electron chi connectivity index (χ0n) is 17.4. The number of nitrogens with one attached hydrogen (secondary N) is 1. The van der Waals surface area contributed by atoms with Crippen molar-refractivity contribution in [1.29, 1.82) is 0 Å². The van der Waals surface area contributed by atoms with E-state index in [2.05, 4.69) is 37.5 Å². The van der Waals surface area contributed by atoms with Crippen molar-refractivity contribution in [2.24, 2.45) is 0 Å². The molecule has 1 aliphatic heterocycles. The minimum Gasteiger partial charge on any atom is -0.372 e. The van der Waals surface area contributed by atoms with Crippen molar-refractivity contribution in [3.8, 4) is 0 Å². The van der Waals surface area contributed by atoms with Crippen LogP contribution in [-0.2, 0) is 11.2 Å². The molecule has 9 heteroatoms. The molecule has 0 radical (unpaired) electrons. The summed E-state index contributed by atoms with van der Waals surface area (Å²) in [5.41, 5.74) is 10.7. The number of hydrogen-bond donors (Lipinski definition) is 2. The fraction of sp³-hybridized carbons (Fsp3) is 0.429. The smallest absolute Gasteiger partial charge is 0.234 e. The molecule has 8 nitrogen and oxygen atoms in total. The second-order valence-corrected chi connectivity index (χ2v) is 8.40. The molecule has 1 aromatic carbocycles. The number of aromatic nitrogens is 4. The Hall–Kier alpha value is -2.81. The number of amides is 1. The van der Waals surface area contributed by atoms with Gasteiger partial charge in [0.1, 0.15) is 0 Å². The topological polar surface area (TPSA) is 101 Å². The number of thioether (sulfide) groups is 1. The van der Waals surface area contributed by atoms with Crippen molar-refractivity contribution < 1.29 is 4.79 Å². The van der Waals surface area contributed by atoms with E-state index >= 15 is 0 Å². The zero-order valence-corrected chi connectivity index (χ0v) is 18.2. The lowest BCUT2D eigenvalue weighted by molar-refractivity contribution is -0.113. The fourth-order valence-corrected chi connectivity index (χ4v) is 4.61. The lowest BCUT2D eigenvalue weighted by atomic mass is 10.1. The van der Waals surface area contributed by atoms with Crippen LogP contribution in [0.5, 0.6) is 0 Å². The molecule has 1 amide bonds. The monoisotopic (exact) mass is 425 g/mol. The maximum Gasteiger partial charge on any atom is 0.234 e. The molecule has 3 heterocycles. The van der Waals surface area contributed by atoms with Gasteiger partial charge < -0.3 is 16.0 Å². The van der Waals surface area contributed by atoms with Crippen molar-refractivity contribution in [1.82, 2.24) is 19.6 Å². The van der Waals surface area contributed by atoms with E-state index in [-0.39, 0.29) is 11.7 Å². The van der Waals surface area contributed by atoms with Gasteiger partial charge >= 0.3 is 0 Å². The van der Waals surface area contributed by atoms with E-state index in [0.29, 0.717) is 16.8 Å². The summed E-state index contributed by atoms with van der Waals surface area (Å²) >= 11 is 1.30. The molecule has 4 rings (SSSR count). The molecule has 158 valence electrons. The van der Waals surface area contributed by atoms with Crippen LogP contribution in [0, 0.1) is 6.92 Å². The zero-order chi connectivity index (χ0) is 21.1. The van der Waals surface area contributed by atoms with Crippen LogP contribution in [0.4, 0.5) is 17.3 Å². The van der Waals surface area contributed by atoms with E-state index in [0.717, 1.165) is 36.5 Å². The van der Waals surface area contributed by atoms with E-state index in [1.165, 1.54) is 36.7 Å². The minimum absolute atomic E-state index is 0.100. The number of benzene rings is 1. The standard InChI is InChI=1S/C21H27N7OS/c1-3-17-14(2)23-20(22)28-19(17)25-26-21(28)30-13-18(29)24-15-7-9-16(10-8-15)27-11-5-4-6-12-27/h7-10H,3-6,11-13H2,1-2H3,(H2,22,23)(H,24,29). The van der Waals surface area contributed by atoms with Gasteiger partial charge in [0.2, 0.25) is 11.9 Å². The third kappa shape index (κ3) is 4.21. The third-order valence-corrected chi connectivity index (χ3v) is 6.34. The Morgan fingerprint density at radius 1 is 1.17 bits per heavy atom. The molecular formula is C21H27N7OS. The molecule has 0 aliphatic carbocycles. The Balaban J connectivity index is 1.39. The molecule has 0 bridgehead atoms. The fourth-order valence-electron chi connectivity index (χ4n) is 3.87. The van der Waals surface area contributed by atoms with E-state index < -0.39 is 0 Å². The number of hydrogen-bond acceptors (Lipinski definition) is 7. The van der Waals surface area contributed by atoms with Gasteiger partial charge in [-0.2, -0.15) is 0 Å². The normalized spacial score (nSPS) is 14.3. The Morgan fingerprint density at radius 3 is 2.60 bits per heavy atom. The molecule has 0 unspecified atom stereocenters. The highest BCUT2D eigenvalue weighted by Gasteiger charge is 2.17. The van der Waals surface area contributed by atoms with Crippen molar-refractivity contribution in [3.63, 3.8) is 0 Å². The van der Waals surface area contributed by atoms with Crippen LogP contribution < -0.4 is 16.0 Å². The minimum atomic E-state index is -0.100. The number of anilines is 3. The number of carbonyl (C=O) groups excluding carboxylic acids is 1. The molecule has 3 N–H and O–H groups in total. The largest absolute Gasteiger partial charge is 0.372 e. The van der Waals surface area contributed by atoms with Crippen LogP contribution in [0.2, 0.25) is 0 Å². The number of nitrogens with zero attached hydrogens (tertiary/aromatic N) is 5. The maximum atomic E-state index is 12.4. The van der Waals surface area contributed by atoms with Gasteiger partial charge in [-0.05, 0) is 56.9 Å². The quantitative estimate of drug-likeness (QED) is 0.584. The number of nitrogens with two attached hydrogens (primary N) is 1. The average molecular weight is 426 g/mol. The molecule has 2 aromatic heterocycles. The Kier molecular flexibility index (Phi) is 6.08. The first-order valence-electron chi connectivity index (χ1n) is 10.3. The highest BCUT2D eigenvalue weighted by molar-refractivity contribution is 7.99. The van der Waals surface area contributed by atoms with Gasteiger partial charge in [-0.25, -0.2) is 9.38 Å². The number of piperidine rings is 1. The van der Waals surface area contributed by atoms with E-state index in [1.54, 1.807) is 4.40 Å². The number of fused-ring (bicyclic) bond motifs is 1. The summed E-state index contributed by atoms with van der Waals surface area (Å²) < 4.78 is 1.72.